The van der Waals surface area contributed by atoms with Gasteiger partial charge < -0.3 is 18.8 Å². The highest BCUT2D eigenvalue weighted by molar-refractivity contribution is 6.76. The number of pyridine rings is 1. The predicted molar refractivity (Wildman–Crippen MR) is 139 cm³/mol. The Labute approximate surface area is 215 Å². The van der Waals surface area contributed by atoms with Gasteiger partial charge in [-0.05, 0) is 25.1 Å². The van der Waals surface area contributed by atoms with Crippen LogP contribution in [-0.2, 0) is 25.1 Å². The topological polar surface area (TPSA) is 81.2 Å². The van der Waals surface area contributed by atoms with Crippen molar-refractivity contribution in [2.45, 2.75) is 58.9 Å². The number of rotatable bonds is 9. The minimum absolute atomic E-state index is 0.152. The van der Waals surface area contributed by atoms with Crippen molar-refractivity contribution in [3.8, 4) is 34.1 Å². The molecule has 0 unspecified atom stereocenters. The zero-order valence-corrected chi connectivity index (χ0v) is 22.8. The fraction of sp³-hybridized carbons (Fsp3) is 0.480. The maximum Gasteiger partial charge on any atom is 0.388 e. The number of alkyl halides is 2. The first-order valence-corrected chi connectivity index (χ1v) is 16.1. The van der Waals surface area contributed by atoms with Crippen molar-refractivity contribution in [3.63, 3.8) is 0 Å². The molecule has 0 aliphatic carbocycles. The maximum atomic E-state index is 13.4. The second kappa shape index (κ2) is 9.90. The van der Waals surface area contributed by atoms with Crippen LogP contribution in [0.5, 0.6) is 11.8 Å². The van der Waals surface area contributed by atoms with Gasteiger partial charge in [-0.2, -0.15) is 13.9 Å². The molecule has 4 aromatic rings. The number of aromatic nitrogens is 6. The molecule has 12 heteroatoms. The van der Waals surface area contributed by atoms with Crippen LogP contribution in [0.2, 0.25) is 25.7 Å². The third kappa shape index (κ3) is 4.99. The van der Waals surface area contributed by atoms with Crippen LogP contribution in [0.15, 0.2) is 24.5 Å². The van der Waals surface area contributed by atoms with Gasteiger partial charge in [-0.25, -0.2) is 9.67 Å². The second-order valence-electron chi connectivity index (χ2n) is 10.5. The molecule has 0 radical (unpaired) electrons. The fourth-order valence-corrected chi connectivity index (χ4v) is 5.45. The number of hydrogen-bond acceptors (Lipinski definition) is 6. The highest BCUT2D eigenvalue weighted by Crippen LogP contribution is 2.47. The molecule has 37 heavy (non-hydrogen) atoms. The van der Waals surface area contributed by atoms with Gasteiger partial charge in [0.15, 0.2) is 0 Å². The lowest BCUT2D eigenvalue weighted by molar-refractivity contribution is -0.0527. The van der Waals surface area contributed by atoms with Crippen molar-refractivity contribution in [1.29, 1.82) is 0 Å². The number of aryl methyl sites for hydroxylation is 3. The molecular formula is C25H32F2N6O3Si. The van der Waals surface area contributed by atoms with Crippen LogP contribution in [0, 0.1) is 6.92 Å². The van der Waals surface area contributed by atoms with Gasteiger partial charge in [0.1, 0.15) is 12.4 Å². The molecular weight excluding hydrogens is 498 g/mol. The minimum atomic E-state index is -3.01. The maximum absolute atomic E-state index is 13.4. The van der Waals surface area contributed by atoms with Gasteiger partial charge in [-0.1, -0.05) is 19.6 Å². The predicted octanol–water partition coefficient (Wildman–Crippen LogP) is 5.30. The fourth-order valence-electron chi connectivity index (χ4n) is 4.69. The Morgan fingerprint density at radius 2 is 2.00 bits per heavy atom. The first kappa shape index (κ1) is 25.4. The quantitative estimate of drug-likeness (QED) is 0.216. The highest BCUT2D eigenvalue weighted by atomic mass is 28.3. The van der Waals surface area contributed by atoms with E-state index in [-0.39, 0.29) is 12.6 Å². The average Bonchev–Trinajstić information content (AvgIpc) is 3.45. The molecule has 0 saturated heterocycles. The standard InChI is InChI=1S/C25H32F2N6O3Si/c1-16-19(24-33(29-16)10-7-11-35-24)21-20(18-14-31(2)30-23(18)36-25(26)27)17-8-6-9-28-22(17)32(21)15-34-12-13-37(3,4)5/h6,8-9,14,25H,7,10-13,15H2,1-5H3. The van der Waals surface area contributed by atoms with Crippen molar-refractivity contribution >= 4 is 19.1 Å². The summed E-state index contributed by atoms with van der Waals surface area (Å²) >= 11 is 0. The Balaban J connectivity index is 1.75. The van der Waals surface area contributed by atoms with Gasteiger partial charge in [0.2, 0.25) is 11.8 Å². The Bertz CT molecular complexity index is 1420. The SMILES string of the molecule is Cc1nn2c(c1-c1c(-c3cn(C)nc3OC(F)F)c3cccnc3n1COCC[Si](C)(C)C)OCCC2. The molecule has 198 valence electrons. The third-order valence-corrected chi connectivity index (χ3v) is 8.07. The highest BCUT2D eigenvalue weighted by Gasteiger charge is 2.32. The lowest BCUT2D eigenvalue weighted by Gasteiger charge is -2.19. The Morgan fingerprint density at radius 3 is 2.76 bits per heavy atom. The van der Waals surface area contributed by atoms with Crippen LogP contribution in [0.1, 0.15) is 12.1 Å². The van der Waals surface area contributed by atoms with Gasteiger partial charge in [-0.3, -0.25) is 4.68 Å². The van der Waals surface area contributed by atoms with Crippen LogP contribution in [0.25, 0.3) is 33.4 Å². The Morgan fingerprint density at radius 1 is 1.19 bits per heavy atom. The molecule has 0 fully saturated rings. The normalized spacial score (nSPS) is 13.8. The molecule has 5 heterocycles. The molecule has 0 atom stereocenters. The van der Waals surface area contributed by atoms with Gasteiger partial charge >= 0.3 is 6.61 Å². The van der Waals surface area contributed by atoms with Gasteiger partial charge in [0.05, 0.1) is 29.1 Å². The van der Waals surface area contributed by atoms with Crippen molar-refractivity contribution in [2.24, 2.45) is 7.05 Å². The van der Waals surface area contributed by atoms with E-state index in [9.17, 15) is 8.78 Å². The molecule has 0 aromatic carbocycles. The number of hydrogen-bond donors (Lipinski definition) is 0. The van der Waals surface area contributed by atoms with E-state index in [0.717, 1.165) is 41.3 Å². The van der Waals surface area contributed by atoms with E-state index >= 15 is 0 Å². The lowest BCUT2D eigenvalue weighted by Crippen LogP contribution is -2.22. The first-order valence-electron chi connectivity index (χ1n) is 12.4. The van der Waals surface area contributed by atoms with E-state index in [1.165, 1.54) is 4.68 Å². The Hall–Kier alpha value is -3.25. The number of halogens is 2. The molecule has 5 rings (SSSR count). The molecule has 0 bridgehead atoms. The molecule has 4 aromatic heterocycles. The summed E-state index contributed by atoms with van der Waals surface area (Å²) in [6.07, 6.45) is 4.26. The minimum Gasteiger partial charge on any atom is -0.477 e. The molecule has 0 N–H and O–H groups in total. The molecule has 1 aliphatic rings. The summed E-state index contributed by atoms with van der Waals surface area (Å²) in [4.78, 5) is 4.67. The third-order valence-electron chi connectivity index (χ3n) is 6.37. The van der Waals surface area contributed by atoms with Crippen molar-refractivity contribution in [1.82, 2.24) is 29.1 Å². The van der Waals surface area contributed by atoms with Crippen LogP contribution >= 0.6 is 0 Å². The zero-order valence-electron chi connectivity index (χ0n) is 21.8. The number of fused-ring (bicyclic) bond motifs is 2. The van der Waals surface area contributed by atoms with E-state index in [1.807, 2.05) is 28.3 Å². The van der Waals surface area contributed by atoms with Gasteiger partial charge in [-0.15, -0.1) is 5.10 Å². The van der Waals surface area contributed by atoms with E-state index in [2.05, 4.69) is 29.7 Å². The van der Waals surface area contributed by atoms with Crippen molar-refractivity contribution < 1.29 is 23.0 Å². The van der Waals surface area contributed by atoms with Crippen molar-refractivity contribution in [3.05, 3.63) is 30.2 Å². The summed E-state index contributed by atoms with van der Waals surface area (Å²) in [5.41, 5.74) is 4.07. The summed E-state index contributed by atoms with van der Waals surface area (Å²) in [7, 11) is 0.381. The smallest absolute Gasteiger partial charge is 0.388 e. The van der Waals surface area contributed by atoms with Crippen molar-refractivity contribution in [2.75, 3.05) is 13.2 Å². The molecule has 0 saturated carbocycles. The largest absolute Gasteiger partial charge is 0.477 e. The Kier molecular flexibility index (Phi) is 6.79. The summed E-state index contributed by atoms with van der Waals surface area (Å²) in [6, 6.07) is 4.76. The van der Waals surface area contributed by atoms with Crippen LogP contribution in [-0.4, -0.2) is 57.0 Å². The number of nitrogens with zero attached hydrogens (tertiary/aromatic N) is 6. The van der Waals surface area contributed by atoms with E-state index in [0.29, 0.717) is 35.9 Å². The molecule has 0 spiro atoms. The van der Waals surface area contributed by atoms with E-state index in [1.54, 1.807) is 19.4 Å². The van der Waals surface area contributed by atoms with Gasteiger partial charge in [0, 0.05) is 58.0 Å². The average molecular weight is 531 g/mol. The van der Waals surface area contributed by atoms with Crippen LogP contribution in [0.3, 0.4) is 0 Å². The first-order chi connectivity index (χ1) is 17.6. The molecule has 1 aliphatic heterocycles. The summed E-state index contributed by atoms with van der Waals surface area (Å²) in [5, 5.41) is 9.68. The van der Waals surface area contributed by atoms with Crippen LogP contribution in [0.4, 0.5) is 8.78 Å². The van der Waals surface area contributed by atoms with Crippen LogP contribution < -0.4 is 9.47 Å². The lowest BCUT2D eigenvalue weighted by atomic mass is 10.0. The molecule has 0 amide bonds. The second-order valence-corrected chi connectivity index (χ2v) is 16.1. The zero-order chi connectivity index (χ0) is 26.3. The molecule has 9 nitrogen and oxygen atoms in total. The van der Waals surface area contributed by atoms with E-state index in [4.69, 9.17) is 19.3 Å². The monoisotopic (exact) mass is 530 g/mol. The van der Waals surface area contributed by atoms with E-state index < -0.39 is 14.7 Å². The summed E-state index contributed by atoms with van der Waals surface area (Å²) in [6.45, 7) is 8.00. The summed E-state index contributed by atoms with van der Waals surface area (Å²) < 4.78 is 49.2. The van der Waals surface area contributed by atoms with Gasteiger partial charge in [0.25, 0.3) is 0 Å². The summed E-state index contributed by atoms with van der Waals surface area (Å²) in [5.74, 6) is 0.497. The number of ether oxygens (including phenoxy) is 3.